The predicted molar refractivity (Wildman–Crippen MR) is 91.7 cm³/mol. The van der Waals surface area contributed by atoms with Gasteiger partial charge in [0.15, 0.2) is 0 Å². The van der Waals surface area contributed by atoms with E-state index in [0.29, 0.717) is 12.1 Å². The molecule has 0 aliphatic rings. The highest BCUT2D eigenvalue weighted by molar-refractivity contribution is 7.98. The van der Waals surface area contributed by atoms with E-state index >= 15 is 0 Å². The minimum Gasteiger partial charge on any atom is -0.322 e. The molecule has 0 aliphatic heterocycles. The van der Waals surface area contributed by atoms with Crippen molar-refractivity contribution in [2.24, 2.45) is 0 Å². The first kappa shape index (κ1) is 15.3. The van der Waals surface area contributed by atoms with E-state index in [1.54, 1.807) is 24.5 Å². The molecular weight excluding hydrogens is 308 g/mol. The second kappa shape index (κ2) is 7.11. The average molecular weight is 324 g/mol. The van der Waals surface area contributed by atoms with E-state index in [0.717, 1.165) is 16.3 Å². The van der Waals surface area contributed by atoms with Crippen molar-refractivity contribution in [2.45, 2.75) is 11.6 Å². The number of pyridine rings is 1. The molecule has 0 saturated heterocycles. The van der Waals surface area contributed by atoms with Gasteiger partial charge in [-0.05, 0) is 42.2 Å². The maximum atomic E-state index is 12.4. The second-order valence-electron chi connectivity index (χ2n) is 4.92. The molecule has 0 radical (unpaired) electrons. The van der Waals surface area contributed by atoms with E-state index in [-0.39, 0.29) is 5.91 Å². The second-order valence-corrected chi connectivity index (χ2v) is 5.71. The lowest BCUT2D eigenvalue weighted by atomic mass is 10.2. The third-order valence-electron chi connectivity index (χ3n) is 3.30. The molecule has 6 heteroatoms. The molecule has 5 nitrogen and oxygen atoms in total. The van der Waals surface area contributed by atoms with Gasteiger partial charge in [0.05, 0.1) is 12.1 Å². The Kier molecular flexibility index (Phi) is 4.73. The lowest BCUT2D eigenvalue weighted by Gasteiger charge is -2.09. The Morgan fingerprint density at radius 1 is 1.22 bits per heavy atom. The average Bonchev–Trinajstić information content (AvgIpc) is 3.08. The molecule has 116 valence electrons. The van der Waals surface area contributed by atoms with Gasteiger partial charge in [-0.15, -0.1) is 11.8 Å². The molecule has 0 atom stereocenters. The Bertz CT molecular complexity index is 802. The van der Waals surface area contributed by atoms with E-state index in [1.165, 1.54) is 11.8 Å². The van der Waals surface area contributed by atoms with Crippen LogP contribution in [-0.4, -0.2) is 26.9 Å². The number of benzene rings is 1. The first-order valence-corrected chi connectivity index (χ1v) is 8.35. The molecular formula is C17H16N4OS. The zero-order chi connectivity index (χ0) is 16.1. The molecule has 1 N–H and O–H groups in total. The Hall–Kier alpha value is -2.60. The summed E-state index contributed by atoms with van der Waals surface area (Å²) in [4.78, 5) is 16.7. The molecule has 0 fully saturated rings. The highest BCUT2D eigenvalue weighted by Crippen LogP contribution is 2.19. The van der Waals surface area contributed by atoms with Crippen molar-refractivity contribution >= 4 is 23.4 Å². The summed E-state index contributed by atoms with van der Waals surface area (Å²) in [5.41, 5.74) is 2.41. The Labute approximate surface area is 138 Å². The standard InChI is InChI=1S/C17H16N4OS/c1-23-17-15(7-3-8-18-17)16(22)20-14-6-2-5-13(11-14)12-21-10-4-9-19-21/h2-11H,12H2,1H3,(H,20,22). The summed E-state index contributed by atoms with van der Waals surface area (Å²) in [6.07, 6.45) is 7.25. The molecule has 23 heavy (non-hydrogen) atoms. The van der Waals surface area contributed by atoms with Gasteiger partial charge in [-0.1, -0.05) is 12.1 Å². The van der Waals surface area contributed by atoms with Gasteiger partial charge < -0.3 is 5.32 Å². The molecule has 3 rings (SSSR count). The van der Waals surface area contributed by atoms with Crippen LogP contribution in [-0.2, 0) is 6.54 Å². The van der Waals surface area contributed by atoms with E-state index in [2.05, 4.69) is 15.4 Å². The number of nitrogens with zero attached hydrogens (tertiary/aromatic N) is 3. The molecule has 0 bridgehead atoms. The fourth-order valence-electron chi connectivity index (χ4n) is 2.25. The Morgan fingerprint density at radius 2 is 2.13 bits per heavy atom. The molecule has 2 aromatic heterocycles. The van der Waals surface area contributed by atoms with Crippen molar-refractivity contribution in [3.05, 3.63) is 72.2 Å². The fourth-order valence-corrected chi connectivity index (χ4v) is 2.80. The maximum Gasteiger partial charge on any atom is 0.258 e. The molecule has 3 aromatic rings. The van der Waals surface area contributed by atoms with Gasteiger partial charge in [-0.2, -0.15) is 5.10 Å². The van der Waals surface area contributed by atoms with Crippen LogP contribution in [0, 0.1) is 0 Å². The normalized spacial score (nSPS) is 10.5. The van der Waals surface area contributed by atoms with Gasteiger partial charge in [-0.3, -0.25) is 9.48 Å². The van der Waals surface area contributed by atoms with Gasteiger partial charge in [0, 0.05) is 24.3 Å². The number of hydrogen-bond acceptors (Lipinski definition) is 4. The van der Waals surface area contributed by atoms with Crippen LogP contribution in [0.1, 0.15) is 15.9 Å². The van der Waals surface area contributed by atoms with E-state index in [9.17, 15) is 4.79 Å². The lowest BCUT2D eigenvalue weighted by Crippen LogP contribution is -2.13. The number of carbonyl (C=O) groups excluding carboxylic acids is 1. The first-order valence-electron chi connectivity index (χ1n) is 7.13. The van der Waals surface area contributed by atoms with Gasteiger partial charge in [-0.25, -0.2) is 4.98 Å². The van der Waals surface area contributed by atoms with Gasteiger partial charge in [0.1, 0.15) is 5.03 Å². The van der Waals surface area contributed by atoms with Crippen LogP contribution in [0.2, 0.25) is 0 Å². The topological polar surface area (TPSA) is 59.8 Å². The number of aromatic nitrogens is 3. The Balaban J connectivity index is 1.76. The van der Waals surface area contributed by atoms with Gasteiger partial charge >= 0.3 is 0 Å². The van der Waals surface area contributed by atoms with Crippen LogP contribution >= 0.6 is 11.8 Å². The van der Waals surface area contributed by atoms with Crippen molar-refractivity contribution in [1.29, 1.82) is 0 Å². The van der Waals surface area contributed by atoms with Crippen LogP contribution in [0.25, 0.3) is 0 Å². The predicted octanol–water partition coefficient (Wildman–Crippen LogP) is 3.30. The number of thioether (sulfide) groups is 1. The molecule has 0 unspecified atom stereocenters. The molecule has 1 amide bonds. The summed E-state index contributed by atoms with van der Waals surface area (Å²) in [5.74, 6) is -0.154. The summed E-state index contributed by atoms with van der Waals surface area (Å²) in [6.45, 7) is 0.666. The van der Waals surface area contributed by atoms with Crippen molar-refractivity contribution in [3.63, 3.8) is 0 Å². The van der Waals surface area contributed by atoms with Gasteiger partial charge in [0.2, 0.25) is 0 Å². The monoisotopic (exact) mass is 324 g/mol. The quantitative estimate of drug-likeness (QED) is 0.732. The smallest absolute Gasteiger partial charge is 0.258 e. The number of amides is 1. The molecule has 1 aromatic carbocycles. The maximum absolute atomic E-state index is 12.4. The third-order valence-corrected chi connectivity index (χ3v) is 4.01. The summed E-state index contributed by atoms with van der Waals surface area (Å²) >= 11 is 1.46. The van der Waals surface area contributed by atoms with Crippen LogP contribution in [0.3, 0.4) is 0 Å². The molecule has 0 aliphatic carbocycles. The Morgan fingerprint density at radius 3 is 2.91 bits per heavy atom. The van der Waals surface area contributed by atoms with Crippen molar-refractivity contribution in [2.75, 3.05) is 11.6 Å². The van der Waals surface area contributed by atoms with E-state index in [1.807, 2.05) is 47.5 Å². The van der Waals surface area contributed by atoms with Crippen LogP contribution in [0.4, 0.5) is 5.69 Å². The van der Waals surface area contributed by atoms with Crippen LogP contribution in [0.15, 0.2) is 66.1 Å². The van der Waals surface area contributed by atoms with Crippen LogP contribution < -0.4 is 5.32 Å². The highest BCUT2D eigenvalue weighted by Gasteiger charge is 2.11. The number of nitrogens with one attached hydrogen (secondary N) is 1. The number of hydrogen-bond donors (Lipinski definition) is 1. The minimum atomic E-state index is -0.154. The fraction of sp³-hybridized carbons (Fsp3) is 0.118. The van der Waals surface area contributed by atoms with Crippen molar-refractivity contribution in [3.8, 4) is 0 Å². The summed E-state index contributed by atoms with van der Waals surface area (Å²) in [5, 5.41) is 7.84. The van der Waals surface area contributed by atoms with Crippen molar-refractivity contribution in [1.82, 2.24) is 14.8 Å². The highest BCUT2D eigenvalue weighted by atomic mass is 32.2. The van der Waals surface area contributed by atoms with E-state index in [4.69, 9.17) is 0 Å². The lowest BCUT2D eigenvalue weighted by molar-refractivity contribution is 0.102. The first-order chi connectivity index (χ1) is 11.3. The summed E-state index contributed by atoms with van der Waals surface area (Å²) < 4.78 is 1.84. The summed E-state index contributed by atoms with van der Waals surface area (Å²) in [6, 6.07) is 13.2. The third kappa shape index (κ3) is 3.78. The van der Waals surface area contributed by atoms with E-state index < -0.39 is 0 Å². The molecule has 0 spiro atoms. The number of anilines is 1. The number of carbonyl (C=O) groups is 1. The molecule has 0 saturated carbocycles. The zero-order valence-corrected chi connectivity index (χ0v) is 13.5. The van der Waals surface area contributed by atoms with Crippen LogP contribution in [0.5, 0.6) is 0 Å². The minimum absolute atomic E-state index is 0.154. The van der Waals surface area contributed by atoms with Crippen molar-refractivity contribution < 1.29 is 4.79 Å². The SMILES string of the molecule is CSc1ncccc1C(=O)Nc1cccc(Cn2cccn2)c1. The zero-order valence-electron chi connectivity index (χ0n) is 12.6. The molecule has 2 heterocycles. The van der Waals surface area contributed by atoms with Gasteiger partial charge in [0.25, 0.3) is 5.91 Å². The largest absolute Gasteiger partial charge is 0.322 e. The number of rotatable bonds is 5. The summed E-state index contributed by atoms with van der Waals surface area (Å²) in [7, 11) is 0.